The number of hydrogen-bond donors (Lipinski definition) is 2. The van der Waals surface area contributed by atoms with Crippen molar-refractivity contribution in [3.63, 3.8) is 0 Å². The maximum Gasteiger partial charge on any atom is 0.305 e. The number of aliphatic hydroxyl groups excluding tert-OH is 1. The SMILES string of the molecule is O=C(O)CCN1CC(O)CC1=O. The molecule has 1 unspecified atom stereocenters. The second-order valence-electron chi connectivity index (χ2n) is 2.84. The number of carbonyl (C=O) groups excluding carboxylic acids is 1. The van der Waals surface area contributed by atoms with Crippen LogP contribution in [0.4, 0.5) is 0 Å². The second kappa shape index (κ2) is 3.53. The highest BCUT2D eigenvalue weighted by Crippen LogP contribution is 2.10. The lowest BCUT2D eigenvalue weighted by molar-refractivity contribution is -0.137. The van der Waals surface area contributed by atoms with Crippen molar-refractivity contribution in [2.45, 2.75) is 18.9 Å². The van der Waals surface area contributed by atoms with E-state index in [9.17, 15) is 9.59 Å². The van der Waals surface area contributed by atoms with Gasteiger partial charge < -0.3 is 15.1 Å². The van der Waals surface area contributed by atoms with E-state index in [1.807, 2.05) is 0 Å². The standard InChI is InChI=1S/C7H11NO4/c9-5-3-6(10)8(4-5)2-1-7(11)12/h5,9H,1-4H2,(H,11,12). The molecule has 1 saturated heterocycles. The number of carbonyl (C=O) groups is 2. The minimum absolute atomic E-state index is 0.0571. The van der Waals surface area contributed by atoms with Crippen LogP contribution in [-0.4, -0.2) is 46.2 Å². The molecule has 0 aromatic rings. The lowest BCUT2D eigenvalue weighted by atomic mass is 10.3. The summed E-state index contributed by atoms with van der Waals surface area (Å²) in [7, 11) is 0. The number of β-amino-alcohol motifs (C(OH)–C–C–N with tert-alkyl or cyclic N) is 1. The summed E-state index contributed by atoms with van der Waals surface area (Å²) in [5, 5.41) is 17.4. The van der Waals surface area contributed by atoms with Gasteiger partial charge in [-0.15, -0.1) is 0 Å². The van der Waals surface area contributed by atoms with Gasteiger partial charge in [0.2, 0.25) is 5.91 Å². The van der Waals surface area contributed by atoms with Gasteiger partial charge in [-0.1, -0.05) is 0 Å². The highest BCUT2D eigenvalue weighted by molar-refractivity contribution is 5.79. The Morgan fingerprint density at radius 2 is 2.33 bits per heavy atom. The van der Waals surface area contributed by atoms with Crippen molar-refractivity contribution < 1.29 is 19.8 Å². The minimum atomic E-state index is -0.927. The van der Waals surface area contributed by atoms with E-state index in [1.54, 1.807) is 0 Å². The molecule has 5 nitrogen and oxygen atoms in total. The number of carboxylic acids is 1. The van der Waals surface area contributed by atoms with Gasteiger partial charge in [0.1, 0.15) is 0 Å². The van der Waals surface area contributed by atoms with Crippen LogP contribution in [0.3, 0.4) is 0 Å². The zero-order valence-electron chi connectivity index (χ0n) is 6.56. The van der Waals surface area contributed by atoms with E-state index in [-0.39, 0.29) is 31.8 Å². The van der Waals surface area contributed by atoms with E-state index in [0.717, 1.165) is 0 Å². The monoisotopic (exact) mass is 173 g/mol. The van der Waals surface area contributed by atoms with Gasteiger partial charge in [0, 0.05) is 13.1 Å². The summed E-state index contributed by atoms with van der Waals surface area (Å²) >= 11 is 0. The Morgan fingerprint density at radius 3 is 2.75 bits per heavy atom. The van der Waals surface area contributed by atoms with Gasteiger partial charge in [0.05, 0.1) is 18.9 Å². The average Bonchev–Trinajstić information content (AvgIpc) is 2.26. The summed E-state index contributed by atoms with van der Waals surface area (Å²) in [6, 6.07) is 0. The molecule has 12 heavy (non-hydrogen) atoms. The summed E-state index contributed by atoms with van der Waals surface area (Å²) in [5.74, 6) is -1.09. The fourth-order valence-corrected chi connectivity index (χ4v) is 1.20. The van der Waals surface area contributed by atoms with Crippen LogP contribution in [0.2, 0.25) is 0 Å². The van der Waals surface area contributed by atoms with Crippen LogP contribution in [0.1, 0.15) is 12.8 Å². The van der Waals surface area contributed by atoms with Crippen molar-refractivity contribution >= 4 is 11.9 Å². The molecule has 0 aromatic heterocycles. The first-order valence-electron chi connectivity index (χ1n) is 3.77. The third-order valence-electron chi connectivity index (χ3n) is 1.79. The molecule has 1 fully saturated rings. The van der Waals surface area contributed by atoms with Crippen LogP contribution in [0, 0.1) is 0 Å². The van der Waals surface area contributed by atoms with Gasteiger partial charge in [0.25, 0.3) is 0 Å². The Kier molecular flexibility index (Phi) is 2.65. The molecule has 68 valence electrons. The fraction of sp³-hybridized carbons (Fsp3) is 0.714. The molecule has 0 saturated carbocycles. The number of aliphatic carboxylic acids is 1. The molecule has 0 bridgehead atoms. The van der Waals surface area contributed by atoms with E-state index in [2.05, 4.69) is 0 Å². The lowest BCUT2D eigenvalue weighted by Crippen LogP contribution is -2.28. The molecule has 1 heterocycles. The zero-order valence-corrected chi connectivity index (χ0v) is 6.56. The third kappa shape index (κ3) is 2.20. The van der Waals surface area contributed by atoms with E-state index in [0.29, 0.717) is 0 Å². The quantitative estimate of drug-likeness (QED) is 0.577. The topological polar surface area (TPSA) is 77.8 Å². The fourth-order valence-electron chi connectivity index (χ4n) is 1.20. The first-order valence-corrected chi connectivity index (χ1v) is 3.77. The molecule has 1 aliphatic heterocycles. The van der Waals surface area contributed by atoms with Crippen molar-refractivity contribution in [2.75, 3.05) is 13.1 Å². The molecule has 0 aromatic carbocycles. The summed E-state index contributed by atoms with van der Waals surface area (Å²) in [5.41, 5.74) is 0. The van der Waals surface area contributed by atoms with Crippen LogP contribution in [-0.2, 0) is 9.59 Å². The van der Waals surface area contributed by atoms with Gasteiger partial charge in [-0.2, -0.15) is 0 Å². The molecule has 1 atom stereocenters. The Morgan fingerprint density at radius 1 is 1.67 bits per heavy atom. The molecule has 0 aliphatic carbocycles. The van der Waals surface area contributed by atoms with E-state index < -0.39 is 12.1 Å². The van der Waals surface area contributed by atoms with Gasteiger partial charge >= 0.3 is 5.97 Å². The van der Waals surface area contributed by atoms with Crippen LogP contribution in [0.25, 0.3) is 0 Å². The molecular formula is C7H11NO4. The minimum Gasteiger partial charge on any atom is -0.481 e. The molecule has 1 aliphatic rings. The number of aliphatic hydroxyl groups is 1. The predicted octanol–water partition coefficient (Wildman–Crippen LogP) is -0.946. The largest absolute Gasteiger partial charge is 0.481 e. The molecule has 0 radical (unpaired) electrons. The number of hydrogen-bond acceptors (Lipinski definition) is 3. The highest BCUT2D eigenvalue weighted by atomic mass is 16.4. The van der Waals surface area contributed by atoms with Crippen LogP contribution < -0.4 is 0 Å². The van der Waals surface area contributed by atoms with Crippen LogP contribution in [0.5, 0.6) is 0 Å². The Balaban J connectivity index is 2.33. The number of carboxylic acid groups (broad SMARTS) is 1. The Labute approximate surface area is 69.6 Å². The molecule has 2 N–H and O–H groups in total. The van der Waals surface area contributed by atoms with Gasteiger partial charge in [0.15, 0.2) is 0 Å². The van der Waals surface area contributed by atoms with Crippen LogP contribution in [0.15, 0.2) is 0 Å². The zero-order chi connectivity index (χ0) is 9.14. The molecular weight excluding hydrogens is 162 g/mol. The molecule has 5 heteroatoms. The van der Waals surface area contributed by atoms with E-state index in [1.165, 1.54) is 4.90 Å². The normalized spacial score (nSPS) is 23.2. The molecule has 0 spiro atoms. The summed E-state index contributed by atoms with van der Waals surface area (Å²) in [6.45, 7) is 0.470. The summed E-state index contributed by atoms with van der Waals surface area (Å²) in [6.07, 6.45) is -0.552. The number of amides is 1. The summed E-state index contributed by atoms with van der Waals surface area (Å²) in [4.78, 5) is 22.5. The molecule has 1 rings (SSSR count). The van der Waals surface area contributed by atoms with E-state index in [4.69, 9.17) is 10.2 Å². The maximum atomic E-state index is 11.0. The summed E-state index contributed by atoms with van der Waals surface area (Å²) < 4.78 is 0. The van der Waals surface area contributed by atoms with Crippen molar-refractivity contribution in [1.29, 1.82) is 0 Å². The Hall–Kier alpha value is -1.10. The van der Waals surface area contributed by atoms with Crippen LogP contribution >= 0.6 is 0 Å². The van der Waals surface area contributed by atoms with Gasteiger partial charge in [-0.05, 0) is 0 Å². The van der Waals surface area contributed by atoms with Crippen molar-refractivity contribution in [1.82, 2.24) is 4.90 Å². The van der Waals surface area contributed by atoms with Gasteiger partial charge in [-0.25, -0.2) is 0 Å². The Bertz CT molecular complexity index is 204. The number of rotatable bonds is 3. The smallest absolute Gasteiger partial charge is 0.305 e. The van der Waals surface area contributed by atoms with Gasteiger partial charge in [-0.3, -0.25) is 9.59 Å². The average molecular weight is 173 g/mol. The third-order valence-corrected chi connectivity index (χ3v) is 1.79. The van der Waals surface area contributed by atoms with E-state index >= 15 is 0 Å². The molecule has 1 amide bonds. The van der Waals surface area contributed by atoms with Crippen molar-refractivity contribution in [3.05, 3.63) is 0 Å². The number of nitrogens with zero attached hydrogens (tertiary/aromatic N) is 1. The second-order valence-corrected chi connectivity index (χ2v) is 2.84. The first-order chi connectivity index (χ1) is 5.59. The highest BCUT2D eigenvalue weighted by Gasteiger charge is 2.27. The first kappa shape index (κ1) is 8.99. The van der Waals surface area contributed by atoms with Crippen molar-refractivity contribution in [3.8, 4) is 0 Å². The predicted molar refractivity (Wildman–Crippen MR) is 39.5 cm³/mol. The van der Waals surface area contributed by atoms with Crippen molar-refractivity contribution in [2.24, 2.45) is 0 Å². The lowest BCUT2D eigenvalue weighted by Gasteiger charge is -2.13. The number of likely N-dealkylation sites (tertiary alicyclic amines) is 1. The maximum absolute atomic E-state index is 11.0.